The van der Waals surface area contributed by atoms with Crippen molar-refractivity contribution in [2.45, 2.75) is 71.6 Å². The fourth-order valence-electron chi connectivity index (χ4n) is 4.37. The molecule has 0 atom stereocenters. The molecule has 3 rings (SSSR count). The van der Waals surface area contributed by atoms with Crippen LogP contribution in [0, 0.1) is 41.3 Å². The monoisotopic (exact) mass is 400 g/mol. The molecule has 1 aliphatic carbocycles. The van der Waals surface area contributed by atoms with Crippen molar-refractivity contribution in [2.75, 3.05) is 0 Å². The maximum absolute atomic E-state index is 14.5. The lowest BCUT2D eigenvalue weighted by Crippen LogP contribution is -2.15. The molecule has 156 valence electrons. The average Bonchev–Trinajstić information content (AvgIpc) is 2.77. The van der Waals surface area contributed by atoms with Crippen LogP contribution >= 0.6 is 0 Å². The molecule has 1 aliphatic rings. The van der Waals surface area contributed by atoms with Gasteiger partial charge in [0, 0.05) is 17.5 Å². The number of benzene rings is 2. The van der Waals surface area contributed by atoms with E-state index in [0.29, 0.717) is 5.56 Å². The first-order chi connectivity index (χ1) is 14.7. The highest BCUT2D eigenvalue weighted by atomic mass is 19.1. The maximum atomic E-state index is 14.5. The number of aryl methyl sites for hydroxylation is 1. The van der Waals surface area contributed by atoms with Gasteiger partial charge in [0.25, 0.3) is 0 Å². The predicted octanol–water partition coefficient (Wildman–Crippen LogP) is 7.53. The van der Waals surface area contributed by atoms with E-state index in [1.54, 1.807) is 6.07 Å². The van der Waals surface area contributed by atoms with Crippen LogP contribution in [0.4, 0.5) is 4.39 Å². The fraction of sp³-hybridized carbons (Fsp3) is 0.448. The Kier molecular flexibility index (Phi) is 8.59. The predicted molar refractivity (Wildman–Crippen MR) is 125 cm³/mol. The summed E-state index contributed by atoms with van der Waals surface area (Å²) >= 11 is 0. The highest BCUT2D eigenvalue weighted by molar-refractivity contribution is 5.46. The number of rotatable bonds is 5. The quantitative estimate of drug-likeness (QED) is 0.455. The van der Waals surface area contributed by atoms with E-state index < -0.39 is 0 Å². The standard InChI is InChI=1S/C29H33F/c1-3-5-7-24-10-14-26(15-11-24)18-20-28-21-19-27(22-29(28)30)17-16-25-12-8-23(6-4-2)9-13-25/h10-11,14-15,19,21-23,25H,3-4,6,8-9,12-13,16-17H2,1-2H3/t23-,25-. The van der Waals surface area contributed by atoms with Crippen LogP contribution in [0.1, 0.15) is 87.5 Å². The molecular formula is C29H33F. The van der Waals surface area contributed by atoms with Crippen molar-refractivity contribution in [1.29, 1.82) is 0 Å². The maximum Gasteiger partial charge on any atom is 0.139 e. The zero-order chi connectivity index (χ0) is 21.2. The van der Waals surface area contributed by atoms with E-state index >= 15 is 0 Å². The molecule has 0 aliphatic heterocycles. The molecular weight excluding hydrogens is 367 g/mol. The van der Waals surface area contributed by atoms with Crippen molar-refractivity contribution in [1.82, 2.24) is 0 Å². The van der Waals surface area contributed by atoms with Crippen LogP contribution in [-0.4, -0.2) is 0 Å². The lowest BCUT2D eigenvalue weighted by molar-refractivity contribution is 0.252. The summed E-state index contributed by atoms with van der Waals surface area (Å²) in [6.45, 7) is 4.32. The molecule has 0 heterocycles. The van der Waals surface area contributed by atoms with Gasteiger partial charge in [-0.1, -0.05) is 82.1 Å². The van der Waals surface area contributed by atoms with E-state index in [1.165, 1.54) is 44.9 Å². The van der Waals surface area contributed by atoms with Crippen molar-refractivity contribution >= 4 is 0 Å². The van der Waals surface area contributed by atoms with Gasteiger partial charge in [0.05, 0.1) is 5.56 Å². The zero-order valence-electron chi connectivity index (χ0n) is 18.4. The van der Waals surface area contributed by atoms with E-state index in [9.17, 15) is 4.39 Å². The molecule has 1 heteroatoms. The molecule has 30 heavy (non-hydrogen) atoms. The summed E-state index contributed by atoms with van der Waals surface area (Å²) < 4.78 is 14.5. The first-order valence-electron chi connectivity index (χ1n) is 11.6. The minimum atomic E-state index is -0.211. The molecule has 0 radical (unpaired) electrons. The second kappa shape index (κ2) is 11.6. The average molecular weight is 401 g/mol. The molecule has 0 aromatic heterocycles. The first-order valence-corrected chi connectivity index (χ1v) is 11.6. The van der Waals surface area contributed by atoms with Gasteiger partial charge in [0.1, 0.15) is 5.82 Å². The van der Waals surface area contributed by atoms with Crippen LogP contribution in [0.5, 0.6) is 0 Å². The number of halogens is 1. The van der Waals surface area contributed by atoms with Crippen LogP contribution in [0.2, 0.25) is 0 Å². The first kappa shape index (κ1) is 22.2. The molecule has 2 aromatic rings. The van der Waals surface area contributed by atoms with E-state index in [4.69, 9.17) is 0 Å². The largest absolute Gasteiger partial charge is 0.206 e. The molecule has 1 fully saturated rings. The number of hydrogen-bond acceptors (Lipinski definition) is 0. The molecule has 0 bridgehead atoms. The second-order valence-electron chi connectivity index (χ2n) is 8.51. The minimum absolute atomic E-state index is 0.211. The Balaban J connectivity index is 1.54. The minimum Gasteiger partial charge on any atom is -0.206 e. The van der Waals surface area contributed by atoms with Crippen LogP contribution in [0.25, 0.3) is 0 Å². The molecule has 0 spiro atoms. The molecule has 0 unspecified atom stereocenters. The van der Waals surface area contributed by atoms with Crippen LogP contribution in [-0.2, 0) is 6.42 Å². The van der Waals surface area contributed by atoms with Gasteiger partial charge in [-0.15, -0.1) is 0 Å². The topological polar surface area (TPSA) is 0 Å². The normalized spacial score (nSPS) is 18.1. The Morgan fingerprint density at radius 2 is 1.43 bits per heavy atom. The summed E-state index contributed by atoms with van der Waals surface area (Å²) in [5.74, 6) is 13.7. The van der Waals surface area contributed by atoms with E-state index in [2.05, 4.69) is 30.6 Å². The Labute approximate surface area is 182 Å². The van der Waals surface area contributed by atoms with Gasteiger partial charge in [-0.25, -0.2) is 4.39 Å². The van der Waals surface area contributed by atoms with E-state index in [0.717, 1.165) is 41.4 Å². The summed E-state index contributed by atoms with van der Waals surface area (Å²) in [4.78, 5) is 0. The van der Waals surface area contributed by atoms with E-state index in [-0.39, 0.29) is 5.82 Å². The highest BCUT2D eigenvalue weighted by Crippen LogP contribution is 2.33. The van der Waals surface area contributed by atoms with Gasteiger partial charge in [-0.3, -0.25) is 0 Å². The molecule has 2 aromatic carbocycles. The summed E-state index contributed by atoms with van der Waals surface area (Å²) in [7, 11) is 0. The number of hydrogen-bond donors (Lipinski definition) is 0. The molecule has 0 amide bonds. The Morgan fingerprint density at radius 3 is 2.03 bits per heavy atom. The van der Waals surface area contributed by atoms with Gasteiger partial charge in [0.15, 0.2) is 0 Å². The molecule has 0 saturated heterocycles. The fourth-order valence-corrected chi connectivity index (χ4v) is 4.37. The SMILES string of the molecule is CCC#Cc1ccc(C#Cc2ccc(CC[C@H]3CC[C@H](CCC)CC3)cc2F)cc1. The molecule has 1 saturated carbocycles. The molecule has 0 nitrogen and oxygen atoms in total. The van der Waals surface area contributed by atoms with Crippen LogP contribution in [0.15, 0.2) is 42.5 Å². The van der Waals surface area contributed by atoms with Crippen molar-refractivity contribution in [3.63, 3.8) is 0 Å². The Hall–Kier alpha value is -2.51. The third-order valence-corrected chi connectivity index (χ3v) is 6.17. The summed E-state index contributed by atoms with van der Waals surface area (Å²) in [5, 5.41) is 0. The van der Waals surface area contributed by atoms with Crippen LogP contribution < -0.4 is 0 Å². The van der Waals surface area contributed by atoms with Crippen LogP contribution in [0.3, 0.4) is 0 Å². The van der Waals surface area contributed by atoms with E-state index in [1.807, 2.05) is 43.3 Å². The van der Waals surface area contributed by atoms with Gasteiger partial charge in [-0.2, -0.15) is 0 Å². The third-order valence-electron chi connectivity index (χ3n) is 6.17. The van der Waals surface area contributed by atoms with Gasteiger partial charge < -0.3 is 0 Å². The third kappa shape index (κ3) is 6.78. The Morgan fingerprint density at radius 1 is 0.800 bits per heavy atom. The van der Waals surface area contributed by atoms with Crippen molar-refractivity contribution in [3.8, 4) is 23.7 Å². The van der Waals surface area contributed by atoms with Gasteiger partial charge in [-0.05, 0) is 66.6 Å². The highest BCUT2D eigenvalue weighted by Gasteiger charge is 2.20. The van der Waals surface area contributed by atoms with Crippen molar-refractivity contribution in [3.05, 3.63) is 70.5 Å². The summed E-state index contributed by atoms with van der Waals surface area (Å²) in [5.41, 5.74) is 3.41. The summed E-state index contributed by atoms with van der Waals surface area (Å²) in [6, 6.07) is 13.3. The Bertz CT molecular complexity index is 922. The van der Waals surface area contributed by atoms with Crippen molar-refractivity contribution in [2.24, 2.45) is 11.8 Å². The lowest BCUT2D eigenvalue weighted by atomic mass is 9.78. The smallest absolute Gasteiger partial charge is 0.139 e. The zero-order valence-corrected chi connectivity index (χ0v) is 18.4. The van der Waals surface area contributed by atoms with Crippen molar-refractivity contribution < 1.29 is 4.39 Å². The lowest BCUT2D eigenvalue weighted by Gasteiger charge is -2.28. The second-order valence-corrected chi connectivity index (χ2v) is 8.51. The molecule has 0 N–H and O–H groups in total. The van der Waals surface area contributed by atoms with Gasteiger partial charge >= 0.3 is 0 Å². The summed E-state index contributed by atoms with van der Waals surface area (Å²) in [6.07, 6.45) is 11.1. The van der Waals surface area contributed by atoms with Gasteiger partial charge in [0.2, 0.25) is 0 Å².